The average Bonchev–Trinajstić information content (AvgIpc) is 2.82. The van der Waals surface area contributed by atoms with E-state index in [4.69, 9.17) is 16.9 Å². The Labute approximate surface area is 141 Å². The van der Waals surface area contributed by atoms with Gasteiger partial charge in [0, 0.05) is 35.2 Å². The summed E-state index contributed by atoms with van der Waals surface area (Å²) in [5, 5.41) is 9.49. The number of amides is 1. The SMILES string of the molecule is Cc1cc(C(=O)N(C)C(C)CC#N)c(C)n1-c1ccc(Cl)cc1. The molecule has 120 valence electrons. The van der Waals surface area contributed by atoms with Crippen molar-refractivity contribution in [2.24, 2.45) is 0 Å². The summed E-state index contributed by atoms with van der Waals surface area (Å²) in [6, 6.07) is 11.4. The van der Waals surface area contributed by atoms with Crippen molar-refractivity contribution in [2.75, 3.05) is 7.05 Å². The van der Waals surface area contributed by atoms with Crippen molar-refractivity contribution >= 4 is 17.5 Å². The lowest BCUT2D eigenvalue weighted by Gasteiger charge is -2.23. The van der Waals surface area contributed by atoms with Crippen molar-refractivity contribution in [3.8, 4) is 11.8 Å². The van der Waals surface area contributed by atoms with Crippen molar-refractivity contribution < 1.29 is 4.79 Å². The topological polar surface area (TPSA) is 49.0 Å². The Bertz CT molecular complexity index is 756. The van der Waals surface area contributed by atoms with Crippen LogP contribution in [0.25, 0.3) is 5.69 Å². The minimum atomic E-state index is -0.119. The van der Waals surface area contributed by atoms with Crippen LogP contribution in [0.3, 0.4) is 0 Å². The van der Waals surface area contributed by atoms with Gasteiger partial charge in [-0.1, -0.05) is 11.6 Å². The van der Waals surface area contributed by atoms with E-state index in [2.05, 4.69) is 6.07 Å². The zero-order chi connectivity index (χ0) is 17.1. The van der Waals surface area contributed by atoms with Crippen LogP contribution < -0.4 is 0 Å². The number of benzene rings is 1. The monoisotopic (exact) mass is 329 g/mol. The fraction of sp³-hybridized carbons (Fsp3) is 0.333. The van der Waals surface area contributed by atoms with E-state index in [0.717, 1.165) is 17.1 Å². The molecule has 0 aliphatic heterocycles. The van der Waals surface area contributed by atoms with Crippen LogP contribution in [0.2, 0.25) is 5.02 Å². The van der Waals surface area contributed by atoms with Gasteiger partial charge in [0.15, 0.2) is 0 Å². The molecule has 1 aromatic carbocycles. The summed E-state index contributed by atoms with van der Waals surface area (Å²) >= 11 is 5.94. The third-order valence-electron chi connectivity index (χ3n) is 4.11. The standard InChI is InChI=1S/C18H20ClN3O/c1-12(9-10-20)21(4)18(23)17-11-13(2)22(14(17)3)16-7-5-15(19)6-8-16/h5-8,11-12H,9H2,1-4H3. The van der Waals surface area contributed by atoms with Crippen molar-refractivity contribution in [1.29, 1.82) is 5.26 Å². The number of nitriles is 1. The maximum absolute atomic E-state index is 12.7. The summed E-state index contributed by atoms with van der Waals surface area (Å²) in [7, 11) is 1.73. The van der Waals surface area contributed by atoms with E-state index in [-0.39, 0.29) is 11.9 Å². The molecular weight excluding hydrogens is 310 g/mol. The number of carbonyl (C=O) groups is 1. The molecule has 0 fully saturated rings. The quantitative estimate of drug-likeness (QED) is 0.847. The Morgan fingerprint density at radius 2 is 1.96 bits per heavy atom. The van der Waals surface area contributed by atoms with Crippen molar-refractivity contribution in [3.63, 3.8) is 0 Å². The third kappa shape index (κ3) is 3.40. The van der Waals surface area contributed by atoms with Crippen molar-refractivity contribution in [1.82, 2.24) is 9.47 Å². The van der Waals surface area contributed by atoms with Gasteiger partial charge in [0.1, 0.15) is 0 Å². The van der Waals surface area contributed by atoms with Gasteiger partial charge < -0.3 is 9.47 Å². The number of hydrogen-bond acceptors (Lipinski definition) is 2. The first-order valence-electron chi connectivity index (χ1n) is 7.45. The lowest BCUT2D eigenvalue weighted by molar-refractivity contribution is 0.0745. The molecule has 0 radical (unpaired) electrons. The van der Waals surface area contributed by atoms with Crippen LogP contribution in [0.4, 0.5) is 0 Å². The number of carbonyl (C=O) groups excluding carboxylic acids is 1. The highest BCUT2D eigenvalue weighted by Crippen LogP contribution is 2.23. The van der Waals surface area contributed by atoms with Crippen LogP contribution in [-0.2, 0) is 0 Å². The Balaban J connectivity index is 2.39. The predicted octanol–water partition coefficient (Wildman–Crippen LogP) is 4.12. The molecular formula is C18H20ClN3O. The molecule has 0 aliphatic carbocycles. The molecule has 23 heavy (non-hydrogen) atoms. The molecule has 0 N–H and O–H groups in total. The van der Waals surface area contributed by atoms with Gasteiger partial charge in [-0.05, 0) is 51.1 Å². The maximum atomic E-state index is 12.7. The molecule has 0 spiro atoms. The van der Waals surface area contributed by atoms with Crippen LogP contribution in [0.1, 0.15) is 35.1 Å². The normalized spacial score (nSPS) is 11.8. The van der Waals surface area contributed by atoms with Crippen LogP contribution in [-0.4, -0.2) is 28.5 Å². The number of rotatable bonds is 4. The molecule has 0 bridgehead atoms. The molecule has 0 aliphatic rings. The van der Waals surface area contributed by atoms with Gasteiger partial charge in [0.2, 0.25) is 0 Å². The Hall–Kier alpha value is -2.25. The molecule has 1 amide bonds. The minimum Gasteiger partial charge on any atom is -0.338 e. The molecule has 1 unspecified atom stereocenters. The lowest BCUT2D eigenvalue weighted by atomic mass is 10.1. The predicted molar refractivity (Wildman–Crippen MR) is 92.0 cm³/mol. The first-order valence-corrected chi connectivity index (χ1v) is 7.83. The molecule has 5 heteroatoms. The van der Waals surface area contributed by atoms with Gasteiger partial charge in [-0.3, -0.25) is 4.79 Å². The second-order valence-corrected chi connectivity index (χ2v) is 6.16. The number of aromatic nitrogens is 1. The Morgan fingerprint density at radius 1 is 1.35 bits per heavy atom. The fourth-order valence-electron chi connectivity index (χ4n) is 2.63. The van der Waals surface area contributed by atoms with Gasteiger partial charge in [0.05, 0.1) is 18.1 Å². The Kier molecular flexibility index (Phi) is 5.12. The van der Waals surface area contributed by atoms with Crippen LogP contribution in [0.15, 0.2) is 30.3 Å². The summed E-state index contributed by atoms with van der Waals surface area (Å²) in [5.74, 6) is -0.0685. The highest BCUT2D eigenvalue weighted by atomic mass is 35.5. The van der Waals surface area contributed by atoms with Gasteiger partial charge in [-0.2, -0.15) is 5.26 Å². The maximum Gasteiger partial charge on any atom is 0.255 e. The number of aryl methyl sites for hydroxylation is 1. The van der Waals surface area contributed by atoms with Crippen molar-refractivity contribution in [2.45, 2.75) is 33.2 Å². The second-order valence-electron chi connectivity index (χ2n) is 5.72. The van der Waals surface area contributed by atoms with E-state index in [1.54, 1.807) is 11.9 Å². The highest BCUT2D eigenvalue weighted by molar-refractivity contribution is 6.30. The summed E-state index contributed by atoms with van der Waals surface area (Å²) in [5.41, 5.74) is 3.49. The molecule has 1 atom stereocenters. The van der Waals surface area contributed by atoms with Crippen LogP contribution in [0.5, 0.6) is 0 Å². The first kappa shape index (κ1) is 17.1. The van der Waals surface area contributed by atoms with E-state index in [0.29, 0.717) is 17.0 Å². The second kappa shape index (κ2) is 6.89. The van der Waals surface area contributed by atoms with E-state index in [1.165, 1.54) is 0 Å². The van der Waals surface area contributed by atoms with E-state index in [9.17, 15) is 4.79 Å². The summed E-state index contributed by atoms with van der Waals surface area (Å²) < 4.78 is 2.03. The molecule has 1 aromatic heterocycles. The molecule has 2 rings (SSSR count). The van der Waals surface area contributed by atoms with E-state index >= 15 is 0 Å². The summed E-state index contributed by atoms with van der Waals surface area (Å²) in [4.78, 5) is 14.3. The zero-order valence-corrected chi connectivity index (χ0v) is 14.6. The number of halogens is 1. The summed E-state index contributed by atoms with van der Waals surface area (Å²) in [6.45, 7) is 5.77. The highest BCUT2D eigenvalue weighted by Gasteiger charge is 2.22. The van der Waals surface area contributed by atoms with E-state index < -0.39 is 0 Å². The van der Waals surface area contributed by atoms with E-state index in [1.807, 2.05) is 55.7 Å². The number of nitrogens with zero attached hydrogens (tertiary/aromatic N) is 3. The fourth-order valence-corrected chi connectivity index (χ4v) is 2.75. The smallest absolute Gasteiger partial charge is 0.255 e. The van der Waals surface area contributed by atoms with Crippen molar-refractivity contribution in [3.05, 3.63) is 52.3 Å². The third-order valence-corrected chi connectivity index (χ3v) is 4.37. The summed E-state index contributed by atoms with van der Waals surface area (Å²) in [6.07, 6.45) is 0.318. The average molecular weight is 330 g/mol. The minimum absolute atomic E-state index is 0.0685. The molecule has 2 aromatic rings. The lowest BCUT2D eigenvalue weighted by Crippen LogP contribution is -2.35. The molecule has 0 saturated heterocycles. The van der Waals surface area contributed by atoms with Gasteiger partial charge in [-0.25, -0.2) is 0 Å². The molecule has 4 nitrogen and oxygen atoms in total. The van der Waals surface area contributed by atoms with Crippen LogP contribution >= 0.6 is 11.6 Å². The zero-order valence-electron chi connectivity index (χ0n) is 13.8. The first-order chi connectivity index (χ1) is 10.9. The van der Waals surface area contributed by atoms with Gasteiger partial charge in [-0.15, -0.1) is 0 Å². The van der Waals surface area contributed by atoms with Crippen LogP contribution in [0, 0.1) is 25.2 Å². The number of hydrogen-bond donors (Lipinski definition) is 0. The van der Waals surface area contributed by atoms with Gasteiger partial charge in [0.25, 0.3) is 5.91 Å². The van der Waals surface area contributed by atoms with Gasteiger partial charge >= 0.3 is 0 Å². The molecule has 0 saturated carbocycles. The molecule has 1 heterocycles. The Morgan fingerprint density at radius 3 is 2.52 bits per heavy atom. The largest absolute Gasteiger partial charge is 0.338 e.